The molecule has 156 valence electrons. The van der Waals surface area contributed by atoms with Crippen LogP contribution in [0.2, 0.25) is 0 Å². The van der Waals surface area contributed by atoms with Gasteiger partial charge in [0.25, 0.3) is 17.7 Å². The van der Waals surface area contributed by atoms with Crippen molar-refractivity contribution in [3.05, 3.63) is 65.2 Å². The van der Waals surface area contributed by atoms with E-state index in [1.165, 1.54) is 0 Å². The number of ether oxygens (including phenoxy) is 1. The molecule has 30 heavy (non-hydrogen) atoms. The number of aryl methyl sites for hydroxylation is 1. The third-order valence-electron chi connectivity index (χ3n) is 4.87. The smallest absolute Gasteiger partial charge is 0.329 e. The van der Waals surface area contributed by atoms with E-state index in [1.807, 2.05) is 32.9 Å². The first-order valence-corrected chi connectivity index (χ1v) is 9.78. The molecule has 1 atom stereocenters. The first kappa shape index (κ1) is 21.2. The van der Waals surface area contributed by atoms with Gasteiger partial charge in [-0.2, -0.15) is 0 Å². The molecule has 0 saturated carbocycles. The van der Waals surface area contributed by atoms with Crippen molar-refractivity contribution in [3.63, 3.8) is 0 Å². The van der Waals surface area contributed by atoms with E-state index in [1.54, 1.807) is 36.4 Å². The number of fused-ring (bicyclic) bond motifs is 1. The lowest BCUT2D eigenvalue weighted by molar-refractivity contribution is -0.151. The molecule has 0 saturated heterocycles. The van der Waals surface area contributed by atoms with Crippen molar-refractivity contribution in [1.82, 2.24) is 4.90 Å². The summed E-state index contributed by atoms with van der Waals surface area (Å²) in [5.74, 6) is -2.31. The van der Waals surface area contributed by atoms with E-state index in [-0.39, 0.29) is 23.5 Å². The monoisotopic (exact) mass is 408 g/mol. The maximum absolute atomic E-state index is 12.8. The van der Waals surface area contributed by atoms with Crippen molar-refractivity contribution in [2.75, 3.05) is 11.9 Å². The molecule has 2 aromatic carbocycles. The Morgan fingerprint density at radius 3 is 2.10 bits per heavy atom. The van der Waals surface area contributed by atoms with Gasteiger partial charge in [0.1, 0.15) is 6.04 Å². The Morgan fingerprint density at radius 1 is 0.967 bits per heavy atom. The number of nitrogens with one attached hydrogen (secondary N) is 1. The maximum Gasteiger partial charge on any atom is 0.329 e. The summed E-state index contributed by atoms with van der Waals surface area (Å²) in [5, 5.41) is 2.68. The molecular weight excluding hydrogens is 384 g/mol. The van der Waals surface area contributed by atoms with Gasteiger partial charge in [0.05, 0.1) is 11.1 Å². The number of rotatable bonds is 7. The van der Waals surface area contributed by atoms with Crippen molar-refractivity contribution in [2.45, 2.75) is 33.2 Å². The number of esters is 1. The Kier molecular flexibility index (Phi) is 6.30. The van der Waals surface area contributed by atoms with Crippen LogP contribution in [0.15, 0.2) is 48.5 Å². The number of amides is 3. The van der Waals surface area contributed by atoms with Crippen molar-refractivity contribution in [2.24, 2.45) is 5.92 Å². The fourth-order valence-electron chi connectivity index (χ4n) is 3.38. The summed E-state index contributed by atoms with van der Waals surface area (Å²) < 4.78 is 5.19. The number of hydrogen-bond donors (Lipinski definition) is 1. The van der Waals surface area contributed by atoms with E-state index in [4.69, 9.17) is 4.74 Å². The fourth-order valence-corrected chi connectivity index (χ4v) is 3.38. The molecule has 1 heterocycles. The molecule has 7 nitrogen and oxygen atoms in total. The number of imide groups is 1. The Balaban J connectivity index is 1.71. The van der Waals surface area contributed by atoms with Crippen molar-refractivity contribution >= 4 is 29.4 Å². The van der Waals surface area contributed by atoms with Gasteiger partial charge in [-0.3, -0.25) is 19.3 Å². The lowest BCUT2D eigenvalue weighted by Gasteiger charge is -2.25. The lowest BCUT2D eigenvalue weighted by Crippen LogP contribution is -2.46. The zero-order chi connectivity index (χ0) is 21.8. The summed E-state index contributed by atoms with van der Waals surface area (Å²) >= 11 is 0. The molecule has 0 bridgehead atoms. The number of para-hydroxylation sites is 1. The van der Waals surface area contributed by atoms with E-state index in [0.29, 0.717) is 5.69 Å². The third kappa shape index (κ3) is 4.40. The minimum absolute atomic E-state index is 0.0210. The zero-order valence-corrected chi connectivity index (χ0v) is 17.2. The summed E-state index contributed by atoms with van der Waals surface area (Å²) in [6, 6.07) is 12.6. The van der Waals surface area contributed by atoms with Crippen molar-refractivity contribution in [1.29, 1.82) is 0 Å². The van der Waals surface area contributed by atoms with Crippen LogP contribution < -0.4 is 5.32 Å². The summed E-state index contributed by atoms with van der Waals surface area (Å²) in [7, 11) is 0. The average molecular weight is 408 g/mol. The van der Waals surface area contributed by atoms with Crippen LogP contribution in [0.25, 0.3) is 0 Å². The number of anilines is 1. The van der Waals surface area contributed by atoms with Gasteiger partial charge < -0.3 is 10.1 Å². The highest BCUT2D eigenvalue weighted by Crippen LogP contribution is 2.27. The Bertz CT molecular complexity index is 964. The predicted molar refractivity (Wildman–Crippen MR) is 111 cm³/mol. The van der Waals surface area contributed by atoms with Gasteiger partial charge in [0.2, 0.25) is 0 Å². The molecule has 0 radical (unpaired) electrons. The van der Waals surface area contributed by atoms with Gasteiger partial charge in [-0.15, -0.1) is 0 Å². The van der Waals surface area contributed by atoms with E-state index in [0.717, 1.165) is 10.5 Å². The summed E-state index contributed by atoms with van der Waals surface area (Å²) in [6.07, 6.45) is 0.240. The number of carbonyl (C=O) groups is 4. The summed E-state index contributed by atoms with van der Waals surface area (Å²) in [4.78, 5) is 51.5. The zero-order valence-electron chi connectivity index (χ0n) is 17.2. The molecule has 1 N–H and O–H groups in total. The number of hydrogen-bond acceptors (Lipinski definition) is 5. The molecule has 0 fully saturated rings. The van der Waals surface area contributed by atoms with Gasteiger partial charge in [0.15, 0.2) is 6.61 Å². The van der Waals surface area contributed by atoms with Crippen LogP contribution in [0.4, 0.5) is 5.69 Å². The molecule has 2 aromatic rings. The van der Waals surface area contributed by atoms with Crippen LogP contribution in [0.5, 0.6) is 0 Å². The highest BCUT2D eigenvalue weighted by atomic mass is 16.5. The third-order valence-corrected chi connectivity index (χ3v) is 4.87. The van der Waals surface area contributed by atoms with Crippen LogP contribution in [0, 0.1) is 12.8 Å². The normalized spacial score (nSPS) is 13.9. The molecule has 1 aliphatic heterocycles. The average Bonchev–Trinajstić information content (AvgIpc) is 2.97. The number of benzene rings is 2. The Morgan fingerprint density at radius 2 is 1.53 bits per heavy atom. The first-order chi connectivity index (χ1) is 14.3. The van der Waals surface area contributed by atoms with E-state index in [9.17, 15) is 19.2 Å². The van der Waals surface area contributed by atoms with Gasteiger partial charge in [-0.05, 0) is 43.0 Å². The first-order valence-electron chi connectivity index (χ1n) is 9.78. The van der Waals surface area contributed by atoms with Gasteiger partial charge >= 0.3 is 5.97 Å². The molecule has 0 aliphatic carbocycles. The van der Waals surface area contributed by atoms with Gasteiger partial charge in [0, 0.05) is 5.69 Å². The molecule has 7 heteroatoms. The number of nitrogens with zero attached hydrogens (tertiary/aromatic N) is 1. The van der Waals surface area contributed by atoms with E-state index >= 15 is 0 Å². The minimum atomic E-state index is -1.09. The second-order valence-electron chi connectivity index (χ2n) is 7.64. The molecule has 3 rings (SSSR count). The second-order valence-corrected chi connectivity index (χ2v) is 7.64. The molecule has 0 spiro atoms. The van der Waals surface area contributed by atoms with Crippen molar-refractivity contribution < 1.29 is 23.9 Å². The fraction of sp³-hybridized carbons (Fsp3) is 0.304. The second kappa shape index (κ2) is 8.90. The Labute approximate surface area is 175 Å². The minimum Gasteiger partial charge on any atom is -0.454 e. The van der Waals surface area contributed by atoms with Gasteiger partial charge in [-0.1, -0.05) is 44.2 Å². The van der Waals surface area contributed by atoms with Crippen LogP contribution in [0.1, 0.15) is 46.5 Å². The van der Waals surface area contributed by atoms with Crippen LogP contribution in [-0.2, 0) is 14.3 Å². The van der Waals surface area contributed by atoms with Crippen LogP contribution in [0.3, 0.4) is 0 Å². The largest absolute Gasteiger partial charge is 0.454 e. The lowest BCUT2D eigenvalue weighted by atomic mass is 10.0. The SMILES string of the molecule is Cc1ccccc1NC(=O)COC(=O)[C@@H](CC(C)C)N1C(=O)c2ccccc2C1=O. The Hall–Kier alpha value is -3.48. The molecule has 1 aliphatic rings. The van der Waals surface area contributed by atoms with Crippen LogP contribution >= 0.6 is 0 Å². The highest BCUT2D eigenvalue weighted by molar-refractivity contribution is 6.22. The predicted octanol–water partition coefficient (Wildman–Crippen LogP) is 3.19. The van der Waals surface area contributed by atoms with E-state index < -0.39 is 36.3 Å². The van der Waals surface area contributed by atoms with E-state index in [2.05, 4.69) is 5.32 Å². The number of carbonyl (C=O) groups excluding carboxylic acids is 4. The molecular formula is C23H24N2O5. The highest BCUT2D eigenvalue weighted by Gasteiger charge is 2.43. The van der Waals surface area contributed by atoms with Crippen molar-refractivity contribution in [3.8, 4) is 0 Å². The quantitative estimate of drug-likeness (QED) is 0.561. The van der Waals surface area contributed by atoms with Gasteiger partial charge in [-0.25, -0.2) is 4.79 Å². The topological polar surface area (TPSA) is 92.8 Å². The summed E-state index contributed by atoms with van der Waals surface area (Å²) in [5.41, 5.74) is 2.03. The van der Waals surface area contributed by atoms with Crippen LogP contribution in [-0.4, -0.2) is 41.2 Å². The molecule has 0 aromatic heterocycles. The maximum atomic E-state index is 12.8. The standard InChI is InChI=1S/C23H24N2O5/c1-14(2)12-19(25-21(27)16-9-5-6-10-17(16)22(25)28)23(29)30-13-20(26)24-18-11-7-4-8-15(18)3/h4-11,14,19H,12-13H2,1-3H3,(H,24,26)/t19-/m1/s1. The molecule has 0 unspecified atom stereocenters. The summed E-state index contributed by atoms with van der Waals surface area (Å²) in [6.45, 7) is 5.10. The molecule has 3 amide bonds.